The highest BCUT2D eigenvalue weighted by molar-refractivity contribution is 5.85. The Kier molecular flexibility index (Phi) is 7.29. The van der Waals surface area contributed by atoms with Crippen molar-refractivity contribution in [2.75, 3.05) is 26.2 Å². The Labute approximate surface area is 157 Å². The normalized spacial score (nSPS) is 23.8. The van der Waals surface area contributed by atoms with E-state index in [4.69, 9.17) is 4.74 Å². The number of rotatable bonds is 4. The average Bonchev–Trinajstić information content (AvgIpc) is 2.61. The summed E-state index contributed by atoms with van der Waals surface area (Å²) in [7, 11) is 0. The van der Waals surface area contributed by atoms with Crippen molar-refractivity contribution in [3.8, 4) is 0 Å². The molecule has 0 saturated carbocycles. The summed E-state index contributed by atoms with van der Waals surface area (Å²) in [5.74, 6) is 0.979. The van der Waals surface area contributed by atoms with Crippen LogP contribution >= 0.6 is 12.4 Å². The van der Waals surface area contributed by atoms with Gasteiger partial charge in [0.1, 0.15) is 6.10 Å². The highest BCUT2D eigenvalue weighted by Crippen LogP contribution is 2.31. The summed E-state index contributed by atoms with van der Waals surface area (Å²) in [4.78, 5) is 14.9. The predicted octanol–water partition coefficient (Wildman–Crippen LogP) is 3.57. The van der Waals surface area contributed by atoms with E-state index in [1.807, 2.05) is 18.2 Å². The predicted molar refractivity (Wildman–Crippen MR) is 103 cm³/mol. The van der Waals surface area contributed by atoms with Crippen molar-refractivity contribution in [3.63, 3.8) is 0 Å². The van der Waals surface area contributed by atoms with Gasteiger partial charge in [0.25, 0.3) is 0 Å². The number of halogens is 1. The molecule has 0 bridgehead atoms. The zero-order chi connectivity index (χ0) is 17.0. The second kappa shape index (κ2) is 9.02. The molecule has 25 heavy (non-hydrogen) atoms. The molecule has 2 heterocycles. The van der Waals surface area contributed by atoms with Gasteiger partial charge in [-0.2, -0.15) is 0 Å². The number of morpholine rings is 1. The van der Waals surface area contributed by atoms with Crippen molar-refractivity contribution in [1.82, 2.24) is 10.2 Å². The van der Waals surface area contributed by atoms with E-state index in [9.17, 15) is 4.79 Å². The fourth-order valence-electron chi connectivity index (χ4n) is 3.79. The van der Waals surface area contributed by atoms with Gasteiger partial charge in [0.2, 0.25) is 5.91 Å². The van der Waals surface area contributed by atoms with Crippen molar-refractivity contribution < 1.29 is 9.53 Å². The van der Waals surface area contributed by atoms with E-state index in [2.05, 4.69) is 36.2 Å². The molecule has 140 valence electrons. The molecule has 1 unspecified atom stereocenters. The van der Waals surface area contributed by atoms with Crippen molar-refractivity contribution in [1.29, 1.82) is 0 Å². The van der Waals surface area contributed by atoms with Gasteiger partial charge in [-0.05, 0) is 57.7 Å². The van der Waals surface area contributed by atoms with E-state index in [1.54, 1.807) is 0 Å². The molecule has 4 nitrogen and oxygen atoms in total. The van der Waals surface area contributed by atoms with Crippen LogP contribution in [0.4, 0.5) is 0 Å². The van der Waals surface area contributed by atoms with E-state index in [-0.39, 0.29) is 30.0 Å². The van der Waals surface area contributed by atoms with E-state index in [0.717, 1.165) is 25.1 Å². The Morgan fingerprint density at radius 2 is 1.92 bits per heavy atom. The first-order valence-corrected chi connectivity index (χ1v) is 9.24. The summed E-state index contributed by atoms with van der Waals surface area (Å²) in [6, 6.07) is 10.2. The number of amides is 1. The van der Waals surface area contributed by atoms with Gasteiger partial charge in [-0.25, -0.2) is 0 Å². The summed E-state index contributed by atoms with van der Waals surface area (Å²) in [6.07, 6.45) is 4.07. The van der Waals surface area contributed by atoms with Gasteiger partial charge in [0.15, 0.2) is 0 Å². The number of carbonyl (C=O) groups excluding carboxylic acids is 1. The minimum Gasteiger partial charge on any atom is -0.369 e. The van der Waals surface area contributed by atoms with Crippen molar-refractivity contribution >= 4 is 18.3 Å². The highest BCUT2D eigenvalue weighted by Gasteiger charge is 2.38. The molecule has 0 spiro atoms. The summed E-state index contributed by atoms with van der Waals surface area (Å²) in [6.45, 7) is 7.65. The van der Waals surface area contributed by atoms with E-state index < -0.39 is 0 Å². The van der Waals surface area contributed by atoms with Crippen LogP contribution in [0.15, 0.2) is 30.3 Å². The number of nitrogens with one attached hydrogen (secondary N) is 1. The maximum atomic E-state index is 12.9. The van der Waals surface area contributed by atoms with Crippen molar-refractivity contribution in [3.05, 3.63) is 35.9 Å². The Morgan fingerprint density at radius 3 is 2.60 bits per heavy atom. The molecule has 1 N–H and O–H groups in total. The number of hydrogen-bond acceptors (Lipinski definition) is 3. The van der Waals surface area contributed by atoms with Crippen LogP contribution in [0.25, 0.3) is 0 Å². The second-order valence-electron chi connectivity index (χ2n) is 7.76. The maximum Gasteiger partial charge on any atom is 0.223 e. The zero-order valence-electron chi connectivity index (χ0n) is 15.4. The fourth-order valence-corrected chi connectivity index (χ4v) is 3.79. The number of benzene rings is 1. The Morgan fingerprint density at radius 1 is 1.24 bits per heavy atom. The number of nitrogens with zero attached hydrogens (tertiary/aromatic N) is 1. The highest BCUT2D eigenvalue weighted by atomic mass is 35.5. The van der Waals surface area contributed by atoms with Gasteiger partial charge in [-0.3, -0.25) is 4.79 Å². The van der Waals surface area contributed by atoms with Crippen LogP contribution in [0.2, 0.25) is 0 Å². The third kappa shape index (κ3) is 5.19. The lowest BCUT2D eigenvalue weighted by Crippen LogP contribution is -2.56. The molecule has 2 aliphatic heterocycles. The van der Waals surface area contributed by atoms with Crippen LogP contribution in [0, 0.1) is 5.92 Å². The number of hydrogen-bond donors (Lipinski definition) is 1. The van der Waals surface area contributed by atoms with Gasteiger partial charge < -0.3 is 15.0 Å². The maximum absolute atomic E-state index is 12.9. The van der Waals surface area contributed by atoms with Gasteiger partial charge in [-0.1, -0.05) is 30.3 Å². The lowest BCUT2D eigenvalue weighted by molar-refractivity contribution is -0.155. The molecular formula is C20H31ClN2O2. The summed E-state index contributed by atoms with van der Waals surface area (Å²) in [5, 5.41) is 3.39. The first-order chi connectivity index (χ1) is 11.6. The molecule has 1 atom stereocenters. The third-order valence-corrected chi connectivity index (χ3v) is 5.41. The van der Waals surface area contributed by atoms with Gasteiger partial charge in [0, 0.05) is 6.42 Å². The monoisotopic (exact) mass is 366 g/mol. The van der Waals surface area contributed by atoms with E-state index in [0.29, 0.717) is 25.5 Å². The molecule has 2 saturated heterocycles. The molecule has 1 aromatic carbocycles. The fraction of sp³-hybridized carbons (Fsp3) is 0.650. The van der Waals surface area contributed by atoms with Crippen LogP contribution in [0.3, 0.4) is 0 Å². The lowest BCUT2D eigenvalue weighted by Gasteiger charge is -2.45. The van der Waals surface area contributed by atoms with E-state index in [1.165, 1.54) is 12.8 Å². The third-order valence-electron chi connectivity index (χ3n) is 5.41. The Hall–Kier alpha value is -1.10. The van der Waals surface area contributed by atoms with Crippen LogP contribution in [0.1, 0.15) is 51.2 Å². The van der Waals surface area contributed by atoms with Crippen LogP contribution in [0.5, 0.6) is 0 Å². The molecule has 0 aliphatic carbocycles. The number of ether oxygens (including phenoxy) is 1. The molecule has 5 heteroatoms. The zero-order valence-corrected chi connectivity index (χ0v) is 16.2. The molecular weight excluding hydrogens is 336 g/mol. The van der Waals surface area contributed by atoms with Crippen LogP contribution in [-0.4, -0.2) is 42.6 Å². The summed E-state index contributed by atoms with van der Waals surface area (Å²) in [5.41, 5.74) is 0.931. The van der Waals surface area contributed by atoms with Crippen LogP contribution in [-0.2, 0) is 9.53 Å². The van der Waals surface area contributed by atoms with Gasteiger partial charge >= 0.3 is 0 Å². The second-order valence-corrected chi connectivity index (χ2v) is 7.76. The number of carbonyl (C=O) groups is 1. The first kappa shape index (κ1) is 20.2. The largest absolute Gasteiger partial charge is 0.369 e. The molecule has 1 aromatic rings. The lowest BCUT2D eigenvalue weighted by atomic mass is 9.92. The minimum atomic E-state index is -0.226. The number of piperidine rings is 1. The SMILES string of the molecule is CC1(C)COC(c2ccccc2)CN1C(=O)CCC1CCNCC1.Cl. The molecule has 0 radical (unpaired) electrons. The summed E-state index contributed by atoms with van der Waals surface area (Å²) >= 11 is 0. The standard InChI is InChI=1S/C20H30N2O2.ClH/c1-20(2)15-24-18(17-6-4-3-5-7-17)14-22(20)19(23)9-8-16-10-12-21-13-11-16;/h3-7,16,18,21H,8-15H2,1-2H3;1H. The minimum absolute atomic E-state index is 0. The topological polar surface area (TPSA) is 41.6 Å². The smallest absolute Gasteiger partial charge is 0.223 e. The molecule has 0 aromatic heterocycles. The summed E-state index contributed by atoms with van der Waals surface area (Å²) < 4.78 is 6.05. The van der Waals surface area contributed by atoms with Crippen molar-refractivity contribution in [2.45, 2.75) is 51.2 Å². The molecule has 3 rings (SSSR count). The molecule has 1 amide bonds. The van der Waals surface area contributed by atoms with Gasteiger partial charge in [0.05, 0.1) is 18.7 Å². The first-order valence-electron chi connectivity index (χ1n) is 9.24. The van der Waals surface area contributed by atoms with Gasteiger partial charge in [-0.15, -0.1) is 12.4 Å². The quantitative estimate of drug-likeness (QED) is 0.885. The van der Waals surface area contributed by atoms with Crippen LogP contribution < -0.4 is 5.32 Å². The average molecular weight is 367 g/mol. The Balaban J connectivity index is 0.00000225. The Bertz CT molecular complexity index is 544. The van der Waals surface area contributed by atoms with Crippen molar-refractivity contribution in [2.24, 2.45) is 5.92 Å². The van der Waals surface area contributed by atoms with E-state index >= 15 is 0 Å². The molecule has 2 fully saturated rings. The molecule has 2 aliphatic rings.